The van der Waals surface area contributed by atoms with Gasteiger partial charge in [0.1, 0.15) is 11.5 Å². The molecular weight excluding hydrogens is 240 g/mol. The molecule has 4 nitrogen and oxygen atoms in total. The molecule has 1 aromatic heterocycles. The van der Waals surface area contributed by atoms with Crippen LogP contribution < -0.4 is 5.32 Å². The van der Waals surface area contributed by atoms with Crippen LogP contribution in [0.15, 0.2) is 28.8 Å². The third kappa shape index (κ3) is 3.15. The number of rotatable bonds is 5. The summed E-state index contributed by atoms with van der Waals surface area (Å²) in [4.78, 5) is 0. The van der Waals surface area contributed by atoms with Gasteiger partial charge in [0.05, 0.1) is 5.69 Å². The second kappa shape index (κ2) is 5.89. The number of aromatic hydroxyl groups is 1. The molecule has 1 unspecified atom stereocenters. The average molecular weight is 260 g/mol. The Morgan fingerprint density at radius 1 is 1.26 bits per heavy atom. The van der Waals surface area contributed by atoms with E-state index in [1.165, 1.54) is 5.56 Å². The van der Waals surface area contributed by atoms with E-state index < -0.39 is 0 Å². The molecule has 0 aliphatic carbocycles. The molecule has 1 heterocycles. The molecule has 0 fully saturated rings. The van der Waals surface area contributed by atoms with E-state index in [9.17, 15) is 5.11 Å². The van der Waals surface area contributed by atoms with Crippen LogP contribution in [0.2, 0.25) is 0 Å². The standard InChI is InChI=1S/C15H20N2O2/c1-4-15(12-5-7-13(18)8-6-12)16-9-14-10(2)17-19-11(14)3/h5-8,15-16,18H,4,9H2,1-3H3. The number of nitrogens with zero attached hydrogens (tertiary/aromatic N) is 1. The van der Waals surface area contributed by atoms with Crippen molar-refractivity contribution in [1.29, 1.82) is 0 Å². The Hall–Kier alpha value is -1.81. The fourth-order valence-electron chi connectivity index (χ4n) is 2.18. The van der Waals surface area contributed by atoms with E-state index in [-0.39, 0.29) is 6.04 Å². The summed E-state index contributed by atoms with van der Waals surface area (Å²) < 4.78 is 5.16. The van der Waals surface area contributed by atoms with Crippen molar-refractivity contribution in [2.24, 2.45) is 0 Å². The molecule has 0 saturated carbocycles. The summed E-state index contributed by atoms with van der Waals surface area (Å²) in [5.74, 6) is 1.16. The van der Waals surface area contributed by atoms with Crippen LogP contribution in [-0.4, -0.2) is 10.3 Å². The normalized spacial score (nSPS) is 12.6. The van der Waals surface area contributed by atoms with Gasteiger partial charge < -0.3 is 14.9 Å². The predicted octanol–water partition coefficient (Wildman–Crippen LogP) is 3.24. The summed E-state index contributed by atoms with van der Waals surface area (Å²) in [6.07, 6.45) is 0.980. The van der Waals surface area contributed by atoms with Gasteiger partial charge in [-0.05, 0) is 38.0 Å². The molecule has 2 aromatic rings. The Morgan fingerprint density at radius 3 is 2.47 bits per heavy atom. The number of nitrogens with one attached hydrogen (secondary N) is 1. The second-order valence-corrected chi connectivity index (χ2v) is 4.74. The summed E-state index contributed by atoms with van der Waals surface area (Å²) in [6, 6.07) is 7.59. The van der Waals surface area contributed by atoms with Crippen LogP contribution in [-0.2, 0) is 6.54 Å². The van der Waals surface area contributed by atoms with Gasteiger partial charge in [0, 0.05) is 18.2 Å². The Morgan fingerprint density at radius 2 is 1.95 bits per heavy atom. The van der Waals surface area contributed by atoms with E-state index in [4.69, 9.17) is 4.52 Å². The van der Waals surface area contributed by atoms with E-state index in [1.54, 1.807) is 12.1 Å². The fraction of sp³-hybridized carbons (Fsp3) is 0.400. The smallest absolute Gasteiger partial charge is 0.138 e. The van der Waals surface area contributed by atoms with Crippen LogP contribution in [0.25, 0.3) is 0 Å². The quantitative estimate of drug-likeness (QED) is 0.866. The molecule has 2 N–H and O–H groups in total. The summed E-state index contributed by atoms with van der Waals surface area (Å²) in [5, 5.41) is 16.8. The molecule has 0 saturated heterocycles. The molecule has 0 aliphatic heterocycles. The Kier molecular flexibility index (Phi) is 4.22. The maximum Gasteiger partial charge on any atom is 0.138 e. The number of aryl methyl sites for hydroxylation is 2. The third-order valence-electron chi connectivity index (χ3n) is 3.41. The summed E-state index contributed by atoms with van der Waals surface area (Å²) in [5.41, 5.74) is 3.23. The largest absolute Gasteiger partial charge is 0.508 e. The zero-order valence-corrected chi connectivity index (χ0v) is 11.6. The lowest BCUT2D eigenvalue weighted by Crippen LogP contribution is -2.20. The van der Waals surface area contributed by atoms with Gasteiger partial charge in [-0.3, -0.25) is 0 Å². The average Bonchev–Trinajstić information content (AvgIpc) is 2.72. The van der Waals surface area contributed by atoms with Crippen LogP contribution in [0.1, 0.15) is 42.0 Å². The molecule has 4 heteroatoms. The molecular formula is C15H20N2O2. The van der Waals surface area contributed by atoms with E-state index in [0.717, 1.165) is 30.0 Å². The van der Waals surface area contributed by atoms with Gasteiger partial charge in [-0.15, -0.1) is 0 Å². The summed E-state index contributed by atoms with van der Waals surface area (Å²) >= 11 is 0. The van der Waals surface area contributed by atoms with Crippen molar-refractivity contribution in [3.8, 4) is 5.75 Å². The van der Waals surface area contributed by atoms with E-state index >= 15 is 0 Å². The molecule has 0 amide bonds. The lowest BCUT2D eigenvalue weighted by Gasteiger charge is -2.17. The second-order valence-electron chi connectivity index (χ2n) is 4.74. The highest BCUT2D eigenvalue weighted by Crippen LogP contribution is 2.21. The number of hydrogen-bond acceptors (Lipinski definition) is 4. The maximum atomic E-state index is 9.32. The number of benzene rings is 1. The summed E-state index contributed by atoms with van der Waals surface area (Å²) in [7, 11) is 0. The van der Waals surface area contributed by atoms with Crippen molar-refractivity contribution in [3.63, 3.8) is 0 Å². The van der Waals surface area contributed by atoms with E-state index in [0.29, 0.717) is 5.75 Å². The van der Waals surface area contributed by atoms with Crippen molar-refractivity contribution in [2.75, 3.05) is 0 Å². The zero-order valence-electron chi connectivity index (χ0n) is 11.6. The van der Waals surface area contributed by atoms with Gasteiger partial charge >= 0.3 is 0 Å². The molecule has 0 bridgehead atoms. The van der Waals surface area contributed by atoms with E-state index in [1.807, 2.05) is 26.0 Å². The molecule has 1 atom stereocenters. The maximum absolute atomic E-state index is 9.32. The number of aromatic nitrogens is 1. The monoisotopic (exact) mass is 260 g/mol. The Labute approximate surface area is 113 Å². The highest BCUT2D eigenvalue weighted by atomic mass is 16.5. The molecule has 1 aromatic carbocycles. The highest BCUT2D eigenvalue weighted by Gasteiger charge is 2.13. The van der Waals surface area contributed by atoms with Crippen LogP contribution in [0.4, 0.5) is 0 Å². The van der Waals surface area contributed by atoms with Crippen molar-refractivity contribution in [2.45, 2.75) is 39.8 Å². The fourth-order valence-corrected chi connectivity index (χ4v) is 2.18. The Bertz CT molecular complexity index is 512. The van der Waals surface area contributed by atoms with Crippen molar-refractivity contribution < 1.29 is 9.63 Å². The SMILES string of the molecule is CCC(NCc1c(C)noc1C)c1ccc(O)cc1. The lowest BCUT2D eigenvalue weighted by molar-refractivity contribution is 0.391. The van der Waals surface area contributed by atoms with Gasteiger partial charge in [-0.1, -0.05) is 24.2 Å². The molecule has 0 spiro atoms. The van der Waals surface area contributed by atoms with Crippen LogP contribution in [0.3, 0.4) is 0 Å². The molecule has 0 aliphatic rings. The van der Waals surface area contributed by atoms with E-state index in [2.05, 4.69) is 17.4 Å². The van der Waals surface area contributed by atoms with Gasteiger partial charge in [0.2, 0.25) is 0 Å². The van der Waals surface area contributed by atoms with Crippen molar-refractivity contribution in [1.82, 2.24) is 10.5 Å². The van der Waals surface area contributed by atoms with Gasteiger partial charge in [-0.25, -0.2) is 0 Å². The van der Waals surface area contributed by atoms with Crippen LogP contribution >= 0.6 is 0 Å². The number of phenolic OH excluding ortho intramolecular Hbond substituents is 1. The minimum Gasteiger partial charge on any atom is -0.508 e. The summed E-state index contributed by atoms with van der Waals surface area (Å²) in [6.45, 7) is 6.76. The zero-order chi connectivity index (χ0) is 13.8. The molecule has 2 rings (SSSR count). The first-order valence-corrected chi connectivity index (χ1v) is 6.56. The minimum absolute atomic E-state index is 0.259. The number of phenols is 1. The van der Waals surface area contributed by atoms with Crippen LogP contribution in [0, 0.1) is 13.8 Å². The van der Waals surface area contributed by atoms with Crippen molar-refractivity contribution in [3.05, 3.63) is 46.8 Å². The first kappa shape index (κ1) is 13.6. The first-order chi connectivity index (χ1) is 9.11. The topological polar surface area (TPSA) is 58.3 Å². The highest BCUT2D eigenvalue weighted by molar-refractivity contribution is 5.28. The predicted molar refractivity (Wildman–Crippen MR) is 74.0 cm³/mol. The van der Waals surface area contributed by atoms with Crippen molar-refractivity contribution >= 4 is 0 Å². The molecule has 0 radical (unpaired) electrons. The minimum atomic E-state index is 0.259. The van der Waals surface area contributed by atoms with Gasteiger partial charge in [0.15, 0.2) is 0 Å². The van der Waals surface area contributed by atoms with Crippen LogP contribution in [0.5, 0.6) is 5.75 Å². The third-order valence-corrected chi connectivity index (χ3v) is 3.41. The Balaban J connectivity index is 2.06. The molecule has 102 valence electrons. The first-order valence-electron chi connectivity index (χ1n) is 6.56. The van der Waals surface area contributed by atoms with Gasteiger partial charge in [0.25, 0.3) is 0 Å². The lowest BCUT2D eigenvalue weighted by atomic mass is 10.0. The molecule has 19 heavy (non-hydrogen) atoms. The van der Waals surface area contributed by atoms with Gasteiger partial charge in [-0.2, -0.15) is 0 Å². The number of hydrogen-bond donors (Lipinski definition) is 2.